The summed E-state index contributed by atoms with van der Waals surface area (Å²) in [6.07, 6.45) is 3.55. The number of imide groups is 1. The molecule has 0 aromatic rings. The Balaban J connectivity index is 1.49. The minimum absolute atomic E-state index is 0.0199. The van der Waals surface area contributed by atoms with E-state index in [9.17, 15) is 18.8 Å². The summed E-state index contributed by atoms with van der Waals surface area (Å²) >= 11 is 0. The van der Waals surface area contributed by atoms with Crippen molar-refractivity contribution in [2.75, 3.05) is 26.2 Å². The topological polar surface area (TPSA) is 81.8 Å². The minimum Gasteiger partial charge on any atom is -0.368 e. The van der Waals surface area contributed by atoms with Gasteiger partial charge < -0.3 is 15.1 Å². The first-order valence-electron chi connectivity index (χ1n) is 8.98. The highest BCUT2D eigenvalue weighted by molar-refractivity contribution is 6.06. The Kier molecular flexibility index (Phi) is 5.02. The van der Waals surface area contributed by atoms with Crippen LogP contribution in [0.2, 0.25) is 0 Å². The molecule has 4 amide bonds. The first kappa shape index (κ1) is 18.4. The zero-order chi connectivity index (χ0) is 18.9. The molecule has 0 saturated carbocycles. The molecule has 0 radical (unpaired) electrons. The molecular formula is C18H25FN4O3. The maximum Gasteiger partial charge on any atom is 0.322 e. The summed E-state index contributed by atoms with van der Waals surface area (Å²) in [5, 5.41) is 4.78. The number of hydrogen-bond acceptors (Lipinski definition) is 4. The molecule has 0 spiro atoms. The Bertz CT molecular complexity index is 682. The Labute approximate surface area is 152 Å². The summed E-state index contributed by atoms with van der Waals surface area (Å²) in [6.45, 7) is 6.13. The van der Waals surface area contributed by atoms with Gasteiger partial charge in [-0.3, -0.25) is 14.9 Å². The van der Waals surface area contributed by atoms with Crippen molar-refractivity contribution >= 4 is 17.8 Å². The van der Waals surface area contributed by atoms with Gasteiger partial charge in [-0.25, -0.2) is 9.18 Å². The molecule has 2 fully saturated rings. The van der Waals surface area contributed by atoms with Crippen LogP contribution in [-0.4, -0.2) is 65.5 Å². The third-order valence-corrected chi connectivity index (χ3v) is 5.30. The molecule has 0 aromatic heterocycles. The van der Waals surface area contributed by atoms with Crippen LogP contribution in [0.5, 0.6) is 0 Å². The number of urea groups is 1. The van der Waals surface area contributed by atoms with Crippen molar-refractivity contribution in [3.63, 3.8) is 0 Å². The van der Waals surface area contributed by atoms with Crippen LogP contribution < -0.4 is 10.6 Å². The molecule has 3 aliphatic rings. The van der Waals surface area contributed by atoms with Gasteiger partial charge in [0.2, 0.25) is 5.91 Å². The maximum atomic E-state index is 13.4. The van der Waals surface area contributed by atoms with Gasteiger partial charge in [0, 0.05) is 44.7 Å². The molecule has 7 nitrogen and oxygen atoms in total. The first-order valence-corrected chi connectivity index (χ1v) is 8.98. The zero-order valence-corrected chi connectivity index (χ0v) is 15.2. The molecule has 142 valence electrons. The number of hydrogen-bond donors (Lipinski definition) is 2. The van der Waals surface area contributed by atoms with E-state index in [1.807, 2.05) is 13.0 Å². The van der Waals surface area contributed by atoms with Crippen LogP contribution in [0.1, 0.15) is 33.1 Å². The van der Waals surface area contributed by atoms with Gasteiger partial charge in [-0.15, -0.1) is 0 Å². The summed E-state index contributed by atoms with van der Waals surface area (Å²) in [5.74, 6) is -0.411. The highest BCUT2D eigenvalue weighted by atomic mass is 19.1. The fraction of sp³-hybridized carbons (Fsp3) is 0.611. The molecule has 8 heteroatoms. The van der Waals surface area contributed by atoms with E-state index in [2.05, 4.69) is 15.5 Å². The normalized spacial score (nSPS) is 29.1. The SMILES string of the molecule is CC1=CC(F)CC=C1N1CCN(C(=O)CCC2(C)NC(=O)NC2=O)CC1. The molecule has 2 heterocycles. The first-order chi connectivity index (χ1) is 12.3. The number of carbonyl (C=O) groups is 3. The van der Waals surface area contributed by atoms with Crippen molar-refractivity contribution in [1.29, 1.82) is 0 Å². The molecule has 26 heavy (non-hydrogen) atoms. The molecular weight excluding hydrogens is 339 g/mol. The van der Waals surface area contributed by atoms with Crippen molar-refractivity contribution < 1.29 is 18.8 Å². The summed E-state index contributed by atoms with van der Waals surface area (Å²) in [7, 11) is 0. The van der Waals surface area contributed by atoms with Crippen molar-refractivity contribution in [1.82, 2.24) is 20.4 Å². The monoisotopic (exact) mass is 364 g/mol. The molecule has 3 rings (SSSR count). The summed E-state index contributed by atoms with van der Waals surface area (Å²) < 4.78 is 13.4. The predicted octanol–water partition coefficient (Wildman–Crippen LogP) is 1.08. The van der Waals surface area contributed by atoms with E-state index in [1.54, 1.807) is 17.9 Å². The number of alkyl halides is 1. The third kappa shape index (κ3) is 3.73. The van der Waals surface area contributed by atoms with E-state index in [-0.39, 0.29) is 18.7 Å². The lowest BCUT2D eigenvalue weighted by molar-refractivity contribution is -0.133. The van der Waals surface area contributed by atoms with Crippen LogP contribution in [0, 0.1) is 0 Å². The predicted molar refractivity (Wildman–Crippen MR) is 93.8 cm³/mol. The highest BCUT2D eigenvalue weighted by Crippen LogP contribution is 2.25. The van der Waals surface area contributed by atoms with Crippen molar-refractivity contribution in [2.24, 2.45) is 0 Å². The summed E-state index contributed by atoms with van der Waals surface area (Å²) in [6, 6.07) is -0.515. The van der Waals surface area contributed by atoms with Gasteiger partial charge in [-0.1, -0.05) is 6.08 Å². The fourth-order valence-corrected chi connectivity index (χ4v) is 3.66. The fourth-order valence-electron chi connectivity index (χ4n) is 3.66. The standard InChI is InChI=1S/C18H25FN4O3/c1-12-11-13(19)3-4-14(12)22-7-9-23(10-8-22)15(24)5-6-18(2)16(25)20-17(26)21-18/h4,11,13H,3,5-10H2,1-2H3,(H2,20,21,25,26). The quantitative estimate of drug-likeness (QED) is 0.732. The van der Waals surface area contributed by atoms with Gasteiger partial charge in [0.25, 0.3) is 5.91 Å². The van der Waals surface area contributed by atoms with Gasteiger partial charge in [0.05, 0.1) is 0 Å². The van der Waals surface area contributed by atoms with Gasteiger partial charge in [0.1, 0.15) is 11.7 Å². The number of carbonyl (C=O) groups excluding carboxylic acids is 3. The summed E-state index contributed by atoms with van der Waals surface area (Å²) in [5.41, 5.74) is 0.982. The van der Waals surface area contributed by atoms with Gasteiger partial charge in [-0.05, 0) is 31.9 Å². The summed E-state index contributed by atoms with van der Waals surface area (Å²) in [4.78, 5) is 39.5. The lowest BCUT2D eigenvalue weighted by Crippen LogP contribution is -2.49. The van der Waals surface area contributed by atoms with Crippen LogP contribution >= 0.6 is 0 Å². The second-order valence-corrected chi connectivity index (χ2v) is 7.30. The molecule has 0 aromatic carbocycles. The lowest BCUT2D eigenvalue weighted by atomic mass is 9.95. The Morgan fingerprint density at radius 2 is 2.00 bits per heavy atom. The molecule has 2 unspecified atom stereocenters. The largest absolute Gasteiger partial charge is 0.368 e. The Hall–Kier alpha value is -2.38. The van der Waals surface area contributed by atoms with Crippen molar-refractivity contribution in [3.05, 3.63) is 23.4 Å². The molecule has 1 aliphatic carbocycles. The average molecular weight is 364 g/mol. The Morgan fingerprint density at radius 1 is 1.31 bits per heavy atom. The number of allylic oxidation sites excluding steroid dienone is 3. The zero-order valence-electron chi connectivity index (χ0n) is 15.2. The smallest absolute Gasteiger partial charge is 0.322 e. The number of rotatable bonds is 4. The Morgan fingerprint density at radius 3 is 2.58 bits per heavy atom. The number of halogens is 1. The van der Waals surface area contributed by atoms with E-state index < -0.39 is 23.6 Å². The van der Waals surface area contributed by atoms with Crippen LogP contribution in [0.25, 0.3) is 0 Å². The number of piperazine rings is 1. The van der Waals surface area contributed by atoms with E-state index >= 15 is 0 Å². The van der Waals surface area contributed by atoms with Crippen LogP contribution in [0.15, 0.2) is 23.4 Å². The van der Waals surface area contributed by atoms with Gasteiger partial charge in [-0.2, -0.15) is 0 Å². The van der Waals surface area contributed by atoms with Crippen molar-refractivity contribution in [2.45, 2.75) is 44.8 Å². The minimum atomic E-state index is -1.02. The maximum absolute atomic E-state index is 13.4. The van der Waals surface area contributed by atoms with Crippen LogP contribution in [0.3, 0.4) is 0 Å². The molecule has 2 N–H and O–H groups in total. The average Bonchev–Trinajstić information content (AvgIpc) is 2.85. The van der Waals surface area contributed by atoms with Crippen molar-refractivity contribution in [3.8, 4) is 0 Å². The second kappa shape index (κ2) is 7.09. The number of nitrogens with zero attached hydrogens (tertiary/aromatic N) is 2. The molecule has 2 atom stereocenters. The van der Waals surface area contributed by atoms with Gasteiger partial charge >= 0.3 is 6.03 Å². The van der Waals surface area contributed by atoms with Crippen LogP contribution in [-0.2, 0) is 9.59 Å². The van der Waals surface area contributed by atoms with Crippen LogP contribution in [0.4, 0.5) is 9.18 Å². The van der Waals surface area contributed by atoms with E-state index in [1.165, 1.54) is 0 Å². The van der Waals surface area contributed by atoms with E-state index in [4.69, 9.17) is 0 Å². The molecule has 0 bridgehead atoms. The number of amides is 4. The van der Waals surface area contributed by atoms with E-state index in [0.717, 1.165) is 11.3 Å². The molecule has 2 aliphatic heterocycles. The van der Waals surface area contributed by atoms with E-state index in [0.29, 0.717) is 32.6 Å². The highest BCUT2D eigenvalue weighted by Gasteiger charge is 2.42. The third-order valence-electron chi connectivity index (χ3n) is 5.30. The lowest BCUT2D eigenvalue weighted by Gasteiger charge is -2.38. The second-order valence-electron chi connectivity index (χ2n) is 7.30. The molecule has 2 saturated heterocycles. The van der Waals surface area contributed by atoms with Gasteiger partial charge in [0.15, 0.2) is 0 Å². The number of nitrogens with one attached hydrogen (secondary N) is 2.